The van der Waals surface area contributed by atoms with Gasteiger partial charge in [0.05, 0.1) is 27.8 Å². The normalized spacial score (nSPS) is 15.6. The Bertz CT molecular complexity index is 3580. The van der Waals surface area contributed by atoms with E-state index in [2.05, 4.69) is 195 Å². The quantitative estimate of drug-likeness (QED) is 0.174. The minimum atomic E-state index is -0.0377. The van der Waals surface area contributed by atoms with Gasteiger partial charge in [0.25, 0.3) is 0 Å². The Morgan fingerprint density at radius 2 is 1.00 bits per heavy atom. The molecule has 1 aliphatic carbocycles. The molecule has 0 saturated carbocycles. The Morgan fingerprint density at radius 1 is 0.419 bits per heavy atom. The third-order valence-electron chi connectivity index (χ3n) is 14.3. The lowest BCUT2D eigenvalue weighted by Gasteiger charge is -2.33. The van der Waals surface area contributed by atoms with E-state index in [1.165, 1.54) is 55.0 Å². The zero-order valence-corrected chi connectivity index (χ0v) is 35.6. The molecule has 0 aliphatic heterocycles. The number of hydrogen-bond acceptors (Lipinski definition) is 3. The average molecular weight is 800 g/mol. The first-order valence-electron chi connectivity index (χ1n) is 21.7. The second-order valence-corrected chi connectivity index (χ2v) is 18.2. The van der Waals surface area contributed by atoms with E-state index in [1.807, 2.05) is 24.3 Å². The topological polar surface area (TPSA) is 48.5 Å². The summed E-state index contributed by atoms with van der Waals surface area (Å²) in [4.78, 5) is 15.7. The lowest BCUT2D eigenvalue weighted by atomic mass is 9.71. The molecule has 0 N–H and O–H groups in total. The molecule has 8 aromatic carbocycles. The number of hydrogen-bond donors (Lipinski definition) is 0. The molecule has 5 nitrogen and oxygen atoms in total. The Morgan fingerprint density at radius 3 is 1.74 bits per heavy atom. The molecule has 298 valence electrons. The van der Waals surface area contributed by atoms with Crippen molar-refractivity contribution in [3.8, 4) is 45.5 Å². The molecular weight excluding hydrogens is 755 g/mol. The predicted molar refractivity (Wildman–Crippen MR) is 258 cm³/mol. The highest BCUT2D eigenvalue weighted by Crippen LogP contribution is 2.56. The average Bonchev–Trinajstić information content (AvgIpc) is 3.87. The SMILES string of the molecule is CC1C(C)(C)c2cccc(-n3c4cc5c6ccccc6n(-c6nc(-c7ccccc7)nc(-c7ccc(-c8ccccc8)cc7)n6)c5cc4c4c5ccccc5ccc43)c2C1(C)C. The van der Waals surface area contributed by atoms with E-state index in [1.54, 1.807) is 0 Å². The summed E-state index contributed by atoms with van der Waals surface area (Å²) < 4.78 is 4.81. The van der Waals surface area contributed by atoms with E-state index in [-0.39, 0.29) is 10.8 Å². The van der Waals surface area contributed by atoms with Gasteiger partial charge in [-0.1, -0.05) is 180 Å². The van der Waals surface area contributed by atoms with Crippen LogP contribution in [0.1, 0.15) is 45.7 Å². The maximum Gasteiger partial charge on any atom is 0.238 e. The molecule has 1 aliphatic rings. The molecule has 3 heterocycles. The molecule has 0 radical (unpaired) electrons. The fourth-order valence-corrected chi connectivity index (χ4v) is 10.8. The Hall–Kier alpha value is -7.37. The van der Waals surface area contributed by atoms with Gasteiger partial charge in [-0.2, -0.15) is 9.97 Å². The number of fused-ring (bicyclic) bond motifs is 9. The fourth-order valence-electron chi connectivity index (χ4n) is 10.8. The van der Waals surface area contributed by atoms with Gasteiger partial charge in [0.2, 0.25) is 5.95 Å². The number of rotatable bonds is 5. The highest BCUT2D eigenvalue weighted by Gasteiger charge is 2.50. The summed E-state index contributed by atoms with van der Waals surface area (Å²) in [7, 11) is 0. The molecule has 0 fully saturated rings. The van der Waals surface area contributed by atoms with E-state index >= 15 is 0 Å². The molecule has 62 heavy (non-hydrogen) atoms. The second-order valence-electron chi connectivity index (χ2n) is 18.2. The van der Waals surface area contributed by atoms with Crippen LogP contribution in [0.2, 0.25) is 0 Å². The maximum atomic E-state index is 5.33. The van der Waals surface area contributed by atoms with Crippen molar-refractivity contribution < 1.29 is 0 Å². The standard InChI is InChI=1S/C57H45N5/c1-35-56(2,3)45-24-16-26-48(52(45)57(35,4)5)61-47-32-31-38-19-12-13-22-41(38)51(47)44-34-49-43(33-50(44)61)42-23-14-15-25-46(42)62(49)55-59-53(39-20-10-7-11-21-39)58-54(60-55)40-29-27-37(28-30-40)36-17-8-6-9-18-36/h6-35H,1-5H3. The first kappa shape index (κ1) is 36.5. The van der Waals surface area contributed by atoms with Gasteiger partial charge in [0, 0.05) is 32.7 Å². The second kappa shape index (κ2) is 13.3. The highest BCUT2D eigenvalue weighted by atomic mass is 15.2. The summed E-state index contributed by atoms with van der Waals surface area (Å²) in [5.74, 6) is 2.29. The fraction of sp³-hybridized carbons (Fsp3) is 0.140. The van der Waals surface area contributed by atoms with Crippen molar-refractivity contribution in [1.82, 2.24) is 24.1 Å². The molecule has 0 bridgehead atoms. The third kappa shape index (κ3) is 5.24. The molecular formula is C57H45N5. The van der Waals surface area contributed by atoms with Gasteiger partial charge in [-0.3, -0.25) is 4.57 Å². The van der Waals surface area contributed by atoms with E-state index in [0.717, 1.165) is 38.5 Å². The number of aromatic nitrogens is 5. The van der Waals surface area contributed by atoms with E-state index in [0.29, 0.717) is 23.5 Å². The molecule has 0 spiro atoms. The van der Waals surface area contributed by atoms with Crippen molar-refractivity contribution in [2.24, 2.45) is 5.92 Å². The van der Waals surface area contributed by atoms with Crippen LogP contribution in [0.25, 0.3) is 99.9 Å². The van der Waals surface area contributed by atoms with Crippen LogP contribution in [0.15, 0.2) is 176 Å². The van der Waals surface area contributed by atoms with Crippen LogP contribution in [-0.4, -0.2) is 24.1 Å². The van der Waals surface area contributed by atoms with Gasteiger partial charge < -0.3 is 4.57 Å². The van der Waals surface area contributed by atoms with E-state index in [9.17, 15) is 0 Å². The van der Waals surface area contributed by atoms with Gasteiger partial charge in [0.15, 0.2) is 11.6 Å². The summed E-state index contributed by atoms with van der Waals surface area (Å²) in [5, 5.41) is 7.21. The van der Waals surface area contributed by atoms with Crippen molar-refractivity contribution in [3.63, 3.8) is 0 Å². The summed E-state index contributed by atoms with van der Waals surface area (Å²) in [6.45, 7) is 12.1. The molecule has 0 amide bonds. The van der Waals surface area contributed by atoms with Gasteiger partial charge in [-0.25, -0.2) is 4.98 Å². The smallest absolute Gasteiger partial charge is 0.238 e. The Balaban J connectivity index is 1.17. The zero-order valence-electron chi connectivity index (χ0n) is 35.6. The highest BCUT2D eigenvalue weighted by molar-refractivity contribution is 6.25. The van der Waals surface area contributed by atoms with Gasteiger partial charge in [-0.05, 0) is 80.1 Å². The van der Waals surface area contributed by atoms with Crippen LogP contribution in [0.3, 0.4) is 0 Å². The lowest BCUT2D eigenvalue weighted by molar-refractivity contribution is 0.264. The summed E-state index contributed by atoms with van der Waals surface area (Å²) >= 11 is 0. The van der Waals surface area contributed by atoms with Crippen LogP contribution in [-0.2, 0) is 10.8 Å². The first-order chi connectivity index (χ1) is 30.2. The predicted octanol–water partition coefficient (Wildman–Crippen LogP) is 14.4. The molecule has 3 aromatic heterocycles. The molecule has 12 rings (SSSR count). The van der Waals surface area contributed by atoms with Crippen LogP contribution in [0.5, 0.6) is 0 Å². The van der Waals surface area contributed by atoms with Crippen LogP contribution >= 0.6 is 0 Å². The minimum absolute atomic E-state index is 0.0346. The summed E-state index contributed by atoms with van der Waals surface area (Å²) in [5.41, 5.74) is 12.8. The zero-order chi connectivity index (χ0) is 41.9. The lowest BCUT2D eigenvalue weighted by Crippen LogP contribution is -2.31. The van der Waals surface area contributed by atoms with Gasteiger partial charge >= 0.3 is 0 Å². The molecule has 1 atom stereocenters. The van der Waals surface area contributed by atoms with Crippen molar-refractivity contribution in [2.45, 2.75) is 45.4 Å². The van der Waals surface area contributed by atoms with Crippen molar-refractivity contribution in [3.05, 3.63) is 187 Å². The molecule has 5 heteroatoms. The van der Waals surface area contributed by atoms with Gasteiger partial charge in [-0.15, -0.1) is 0 Å². The van der Waals surface area contributed by atoms with E-state index in [4.69, 9.17) is 15.0 Å². The third-order valence-corrected chi connectivity index (χ3v) is 14.3. The number of nitrogens with zero attached hydrogens (tertiary/aromatic N) is 5. The number of para-hydroxylation sites is 1. The Labute approximate surface area is 361 Å². The van der Waals surface area contributed by atoms with Crippen LogP contribution < -0.4 is 0 Å². The number of benzene rings is 8. The van der Waals surface area contributed by atoms with Crippen LogP contribution in [0, 0.1) is 5.92 Å². The minimum Gasteiger partial charge on any atom is -0.309 e. The van der Waals surface area contributed by atoms with Crippen LogP contribution in [0.4, 0.5) is 0 Å². The largest absolute Gasteiger partial charge is 0.309 e. The van der Waals surface area contributed by atoms with Crippen molar-refractivity contribution in [1.29, 1.82) is 0 Å². The monoisotopic (exact) mass is 799 g/mol. The molecule has 11 aromatic rings. The maximum absolute atomic E-state index is 5.33. The molecule has 1 unspecified atom stereocenters. The summed E-state index contributed by atoms with van der Waals surface area (Å²) in [6.07, 6.45) is 0. The first-order valence-corrected chi connectivity index (χ1v) is 21.7. The molecule has 0 saturated heterocycles. The van der Waals surface area contributed by atoms with Crippen molar-refractivity contribution in [2.75, 3.05) is 0 Å². The van der Waals surface area contributed by atoms with Crippen molar-refractivity contribution >= 4 is 54.4 Å². The Kier molecular flexibility index (Phi) is 7.83. The van der Waals surface area contributed by atoms with Gasteiger partial charge in [0.1, 0.15) is 0 Å². The van der Waals surface area contributed by atoms with E-state index < -0.39 is 0 Å². The summed E-state index contributed by atoms with van der Waals surface area (Å²) in [6, 6.07) is 63.2.